The van der Waals surface area contributed by atoms with Crippen LogP contribution in [0.4, 0.5) is 0 Å². The van der Waals surface area contributed by atoms with Crippen molar-refractivity contribution < 1.29 is 4.74 Å². The highest BCUT2D eigenvalue weighted by Crippen LogP contribution is 2.02. The Bertz CT molecular complexity index is 186. The number of aliphatic imine (C=N–C) groups is 1. The molecular weight excluding hydrogens is 132 g/mol. The van der Waals surface area contributed by atoms with Crippen molar-refractivity contribution in [2.75, 3.05) is 13.7 Å². The van der Waals surface area contributed by atoms with Crippen LogP contribution in [0.25, 0.3) is 0 Å². The summed E-state index contributed by atoms with van der Waals surface area (Å²) in [5.41, 5.74) is 5.37. The molecule has 5 nitrogen and oxygen atoms in total. The Morgan fingerprint density at radius 2 is 2.50 bits per heavy atom. The zero-order chi connectivity index (χ0) is 7.56. The summed E-state index contributed by atoms with van der Waals surface area (Å²) in [6, 6.07) is 0. The molecule has 0 radical (unpaired) electrons. The van der Waals surface area contributed by atoms with Gasteiger partial charge in [-0.05, 0) is 6.08 Å². The van der Waals surface area contributed by atoms with Gasteiger partial charge in [0.1, 0.15) is 0 Å². The standard InChI is InChI=1S/C5H10N4O/c1-10-4-2-3-9(7)5(6)8-4/h2H,3,7H2,1H3,(H2,6,8). The summed E-state index contributed by atoms with van der Waals surface area (Å²) in [5, 5.41) is 1.34. The van der Waals surface area contributed by atoms with Crippen LogP contribution in [-0.2, 0) is 4.74 Å². The van der Waals surface area contributed by atoms with E-state index in [0.717, 1.165) is 0 Å². The van der Waals surface area contributed by atoms with E-state index in [9.17, 15) is 0 Å². The van der Waals surface area contributed by atoms with Gasteiger partial charge in [-0.3, -0.25) is 5.01 Å². The number of hydrazine groups is 1. The van der Waals surface area contributed by atoms with Crippen LogP contribution in [0, 0.1) is 0 Å². The Morgan fingerprint density at radius 1 is 1.80 bits per heavy atom. The third-order valence-corrected chi connectivity index (χ3v) is 1.19. The molecule has 0 fully saturated rings. The molecule has 0 unspecified atom stereocenters. The minimum atomic E-state index is 0.277. The van der Waals surface area contributed by atoms with Crippen molar-refractivity contribution in [2.24, 2.45) is 16.6 Å². The minimum Gasteiger partial charge on any atom is -0.481 e. The average molecular weight is 142 g/mol. The molecule has 0 spiro atoms. The Morgan fingerprint density at radius 3 is 3.00 bits per heavy atom. The van der Waals surface area contributed by atoms with E-state index in [0.29, 0.717) is 12.4 Å². The van der Waals surface area contributed by atoms with Crippen LogP contribution in [0.2, 0.25) is 0 Å². The van der Waals surface area contributed by atoms with E-state index in [1.54, 1.807) is 6.08 Å². The van der Waals surface area contributed by atoms with Crippen molar-refractivity contribution in [3.8, 4) is 0 Å². The summed E-state index contributed by atoms with van der Waals surface area (Å²) in [6.45, 7) is 0.540. The fraction of sp³-hybridized carbons (Fsp3) is 0.400. The van der Waals surface area contributed by atoms with E-state index in [1.807, 2.05) is 0 Å². The van der Waals surface area contributed by atoms with E-state index in [1.165, 1.54) is 12.1 Å². The molecule has 0 saturated heterocycles. The Labute approximate surface area is 58.9 Å². The molecule has 56 valence electrons. The van der Waals surface area contributed by atoms with Gasteiger partial charge in [0.2, 0.25) is 11.8 Å². The predicted molar refractivity (Wildman–Crippen MR) is 37.6 cm³/mol. The van der Waals surface area contributed by atoms with Crippen LogP contribution in [-0.4, -0.2) is 24.6 Å². The lowest BCUT2D eigenvalue weighted by molar-refractivity contribution is 0.277. The molecule has 0 saturated carbocycles. The molecule has 1 heterocycles. The van der Waals surface area contributed by atoms with Gasteiger partial charge < -0.3 is 10.5 Å². The summed E-state index contributed by atoms with van der Waals surface area (Å²) in [5.74, 6) is 6.16. The zero-order valence-corrected chi connectivity index (χ0v) is 5.74. The number of methoxy groups -OCH3 is 1. The fourth-order valence-electron chi connectivity index (χ4n) is 0.622. The maximum Gasteiger partial charge on any atom is 0.214 e. The number of hydrogen-bond acceptors (Lipinski definition) is 5. The van der Waals surface area contributed by atoms with Crippen molar-refractivity contribution in [3.63, 3.8) is 0 Å². The normalized spacial score (nSPS) is 18.0. The van der Waals surface area contributed by atoms with E-state index < -0.39 is 0 Å². The molecule has 0 aromatic carbocycles. The van der Waals surface area contributed by atoms with E-state index in [4.69, 9.17) is 16.3 Å². The lowest BCUT2D eigenvalue weighted by Crippen LogP contribution is -2.44. The first-order valence-corrected chi connectivity index (χ1v) is 2.84. The van der Waals surface area contributed by atoms with Gasteiger partial charge in [0, 0.05) is 0 Å². The summed E-state index contributed by atoms with van der Waals surface area (Å²) in [4.78, 5) is 3.82. The molecule has 0 atom stereocenters. The molecule has 0 aromatic heterocycles. The Kier molecular flexibility index (Phi) is 1.77. The maximum absolute atomic E-state index is 5.37. The molecule has 1 rings (SSSR count). The van der Waals surface area contributed by atoms with Crippen LogP contribution >= 0.6 is 0 Å². The first-order chi connectivity index (χ1) is 4.74. The van der Waals surface area contributed by atoms with E-state index >= 15 is 0 Å². The number of ether oxygens (including phenoxy) is 1. The zero-order valence-electron chi connectivity index (χ0n) is 5.74. The topological polar surface area (TPSA) is 76.9 Å². The van der Waals surface area contributed by atoms with Crippen molar-refractivity contribution >= 4 is 5.96 Å². The molecule has 1 aliphatic heterocycles. The highest BCUT2D eigenvalue weighted by molar-refractivity contribution is 5.79. The van der Waals surface area contributed by atoms with Crippen molar-refractivity contribution in [2.45, 2.75) is 0 Å². The second-order valence-electron chi connectivity index (χ2n) is 1.87. The molecule has 0 bridgehead atoms. The van der Waals surface area contributed by atoms with Crippen LogP contribution in [0.3, 0.4) is 0 Å². The van der Waals surface area contributed by atoms with Gasteiger partial charge in [-0.1, -0.05) is 0 Å². The van der Waals surface area contributed by atoms with Crippen molar-refractivity contribution in [3.05, 3.63) is 12.0 Å². The monoisotopic (exact) mass is 142 g/mol. The molecule has 10 heavy (non-hydrogen) atoms. The molecule has 0 amide bonds. The van der Waals surface area contributed by atoms with Crippen molar-refractivity contribution in [1.82, 2.24) is 5.01 Å². The van der Waals surface area contributed by atoms with Crippen molar-refractivity contribution in [1.29, 1.82) is 0 Å². The maximum atomic E-state index is 5.37. The molecular formula is C5H10N4O. The molecule has 0 aliphatic carbocycles. The lowest BCUT2D eigenvalue weighted by Gasteiger charge is -2.19. The Balaban J connectivity index is 2.69. The lowest BCUT2D eigenvalue weighted by atomic mass is 10.5. The van der Waals surface area contributed by atoms with Crippen LogP contribution in [0.15, 0.2) is 17.0 Å². The average Bonchev–Trinajstić information content (AvgIpc) is 1.95. The van der Waals surface area contributed by atoms with Crippen LogP contribution in [0.1, 0.15) is 0 Å². The summed E-state index contributed by atoms with van der Waals surface area (Å²) in [7, 11) is 1.54. The first kappa shape index (κ1) is 6.88. The fourth-order valence-corrected chi connectivity index (χ4v) is 0.622. The highest BCUT2D eigenvalue weighted by atomic mass is 16.5. The molecule has 0 aromatic rings. The summed E-state index contributed by atoms with van der Waals surface area (Å²) >= 11 is 0. The van der Waals surface area contributed by atoms with E-state index in [2.05, 4.69) is 4.99 Å². The second-order valence-corrected chi connectivity index (χ2v) is 1.87. The van der Waals surface area contributed by atoms with Gasteiger partial charge in [0.05, 0.1) is 13.7 Å². The summed E-state index contributed by atoms with van der Waals surface area (Å²) in [6.07, 6.45) is 1.75. The highest BCUT2D eigenvalue weighted by Gasteiger charge is 2.07. The number of hydrogen-bond donors (Lipinski definition) is 2. The predicted octanol–water partition coefficient (Wildman–Crippen LogP) is -1.02. The van der Waals surface area contributed by atoms with Gasteiger partial charge in [-0.25, -0.2) is 5.84 Å². The summed E-state index contributed by atoms with van der Waals surface area (Å²) < 4.78 is 4.82. The SMILES string of the molecule is COC1=CCN(N)C(N)=N1. The smallest absolute Gasteiger partial charge is 0.214 e. The molecule has 4 N–H and O–H groups in total. The number of nitrogens with zero attached hydrogens (tertiary/aromatic N) is 2. The number of rotatable bonds is 1. The van der Waals surface area contributed by atoms with Gasteiger partial charge in [-0.15, -0.1) is 0 Å². The Hall–Kier alpha value is -1.23. The van der Waals surface area contributed by atoms with Crippen LogP contribution < -0.4 is 11.6 Å². The minimum absolute atomic E-state index is 0.277. The third-order valence-electron chi connectivity index (χ3n) is 1.19. The molecule has 5 heteroatoms. The largest absolute Gasteiger partial charge is 0.481 e. The second kappa shape index (κ2) is 2.57. The van der Waals surface area contributed by atoms with Crippen LogP contribution in [0.5, 0.6) is 0 Å². The quantitative estimate of drug-likeness (QED) is 0.459. The van der Waals surface area contributed by atoms with Gasteiger partial charge in [-0.2, -0.15) is 4.99 Å². The van der Waals surface area contributed by atoms with Gasteiger partial charge in [0.15, 0.2) is 0 Å². The van der Waals surface area contributed by atoms with E-state index in [-0.39, 0.29) is 5.96 Å². The molecule has 1 aliphatic rings. The van der Waals surface area contributed by atoms with Gasteiger partial charge >= 0.3 is 0 Å². The van der Waals surface area contributed by atoms with Gasteiger partial charge in [0.25, 0.3) is 0 Å². The number of nitrogens with two attached hydrogens (primary N) is 2. The number of guanidine groups is 1. The first-order valence-electron chi connectivity index (χ1n) is 2.84. The third kappa shape index (κ3) is 1.19.